The molecule has 0 spiro atoms. The van der Waals surface area contributed by atoms with Crippen LogP contribution in [0.25, 0.3) is 0 Å². The first-order chi connectivity index (χ1) is 3.70. The van der Waals surface area contributed by atoms with Crippen molar-refractivity contribution >= 4 is 0 Å². The Hall–Kier alpha value is -0.0400. The van der Waals surface area contributed by atoms with E-state index in [1.54, 1.807) is 0 Å². The van der Waals surface area contributed by atoms with Gasteiger partial charge in [-0.25, -0.2) is 0 Å². The van der Waals surface area contributed by atoms with Gasteiger partial charge in [0.2, 0.25) is 0 Å². The van der Waals surface area contributed by atoms with Crippen LogP contribution in [0, 0.1) is 11.8 Å². The minimum absolute atomic E-state index is 0.917. The van der Waals surface area contributed by atoms with Gasteiger partial charge in [-0.3, -0.25) is 0 Å². The van der Waals surface area contributed by atoms with Crippen molar-refractivity contribution in [2.24, 2.45) is 11.8 Å². The van der Waals surface area contributed by atoms with Crippen molar-refractivity contribution in [2.75, 3.05) is 20.1 Å². The lowest BCUT2D eigenvalue weighted by Gasteiger charge is -2.03. The summed E-state index contributed by atoms with van der Waals surface area (Å²) < 4.78 is 0. The van der Waals surface area contributed by atoms with E-state index in [0.717, 1.165) is 11.8 Å². The average molecular weight is 113 g/mol. The topological polar surface area (TPSA) is 3.24 Å². The Bertz CT molecular complexity index is 70.5. The van der Waals surface area contributed by atoms with E-state index in [1.807, 2.05) is 0 Å². The highest BCUT2D eigenvalue weighted by Gasteiger charge is 2.22. The SMILES string of the molecule is C[C@H]1CN(C)C[C@@H]1C. The molecule has 0 N–H and O–H groups in total. The van der Waals surface area contributed by atoms with Crippen molar-refractivity contribution in [3.63, 3.8) is 0 Å². The summed E-state index contributed by atoms with van der Waals surface area (Å²) in [5.41, 5.74) is 0. The number of nitrogens with zero attached hydrogens (tertiary/aromatic N) is 1. The molecule has 1 heterocycles. The van der Waals surface area contributed by atoms with Gasteiger partial charge in [-0.15, -0.1) is 0 Å². The fourth-order valence-corrected chi connectivity index (χ4v) is 1.42. The Balaban J connectivity index is 2.39. The summed E-state index contributed by atoms with van der Waals surface area (Å²) in [6.07, 6.45) is 0. The summed E-state index contributed by atoms with van der Waals surface area (Å²) in [7, 11) is 2.19. The van der Waals surface area contributed by atoms with E-state index in [2.05, 4.69) is 25.8 Å². The number of hydrogen-bond acceptors (Lipinski definition) is 1. The minimum atomic E-state index is 0.917. The highest BCUT2D eigenvalue weighted by Crippen LogP contribution is 2.19. The zero-order valence-corrected chi connectivity index (χ0v) is 6.02. The van der Waals surface area contributed by atoms with Crippen molar-refractivity contribution in [1.29, 1.82) is 0 Å². The highest BCUT2D eigenvalue weighted by atomic mass is 15.1. The molecule has 0 aliphatic carbocycles. The number of hydrogen-bond donors (Lipinski definition) is 0. The molecule has 2 atom stereocenters. The van der Waals surface area contributed by atoms with Crippen LogP contribution in [0.1, 0.15) is 13.8 Å². The lowest BCUT2D eigenvalue weighted by Crippen LogP contribution is -2.13. The molecule has 1 saturated heterocycles. The number of likely N-dealkylation sites (tertiary alicyclic amines) is 1. The normalized spacial score (nSPS) is 40.9. The van der Waals surface area contributed by atoms with Crippen LogP contribution in [0.2, 0.25) is 0 Å². The summed E-state index contributed by atoms with van der Waals surface area (Å²) in [4.78, 5) is 2.40. The predicted octanol–water partition coefficient (Wildman–Crippen LogP) is 1.20. The highest BCUT2D eigenvalue weighted by molar-refractivity contribution is 4.75. The van der Waals surface area contributed by atoms with Gasteiger partial charge in [0, 0.05) is 13.1 Å². The first kappa shape index (κ1) is 6.09. The lowest BCUT2D eigenvalue weighted by molar-refractivity contribution is 0.398. The van der Waals surface area contributed by atoms with Gasteiger partial charge in [-0.05, 0) is 18.9 Å². The largest absolute Gasteiger partial charge is 0.306 e. The fourth-order valence-electron chi connectivity index (χ4n) is 1.42. The van der Waals surface area contributed by atoms with Gasteiger partial charge >= 0.3 is 0 Å². The molecule has 8 heavy (non-hydrogen) atoms. The maximum absolute atomic E-state index is 2.40. The van der Waals surface area contributed by atoms with Crippen molar-refractivity contribution in [3.05, 3.63) is 0 Å². The second kappa shape index (κ2) is 2.06. The van der Waals surface area contributed by atoms with Crippen LogP contribution in [0.15, 0.2) is 0 Å². The fraction of sp³-hybridized carbons (Fsp3) is 1.00. The van der Waals surface area contributed by atoms with E-state index in [4.69, 9.17) is 0 Å². The summed E-state index contributed by atoms with van der Waals surface area (Å²) >= 11 is 0. The van der Waals surface area contributed by atoms with Crippen LogP contribution in [-0.4, -0.2) is 25.0 Å². The quantitative estimate of drug-likeness (QED) is 0.456. The number of rotatable bonds is 0. The zero-order valence-electron chi connectivity index (χ0n) is 6.02. The molecular formula is C7H15N. The van der Waals surface area contributed by atoms with Crippen LogP contribution in [-0.2, 0) is 0 Å². The molecular weight excluding hydrogens is 98.1 g/mol. The molecule has 1 aliphatic rings. The van der Waals surface area contributed by atoms with Crippen LogP contribution in [0.5, 0.6) is 0 Å². The molecule has 0 aromatic carbocycles. The van der Waals surface area contributed by atoms with E-state index < -0.39 is 0 Å². The van der Waals surface area contributed by atoms with E-state index in [9.17, 15) is 0 Å². The van der Waals surface area contributed by atoms with E-state index in [-0.39, 0.29) is 0 Å². The third-order valence-electron chi connectivity index (χ3n) is 2.17. The molecule has 1 aliphatic heterocycles. The Morgan fingerprint density at radius 2 is 1.50 bits per heavy atom. The Morgan fingerprint density at radius 1 is 1.12 bits per heavy atom. The zero-order chi connectivity index (χ0) is 6.15. The molecule has 0 radical (unpaired) electrons. The second-order valence-electron chi connectivity index (χ2n) is 3.18. The van der Waals surface area contributed by atoms with Crippen molar-refractivity contribution in [2.45, 2.75) is 13.8 Å². The molecule has 48 valence electrons. The summed E-state index contributed by atoms with van der Waals surface area (Å²) in [6.45, 7) is 7.24. The third-order valence-corrected chi connectivity index (χ3v) is 2.17. The Kier molecular flexibility index (Phi) is 1.57. The smallest absolute Gasteiger partial charge is 0.000711 e. The minimum Gasteiger partial charge on any atom is -0.306 e. The second-order valence-corrected chi connectivity index (χ2v) is 3.18. The molecule has 0 bridgehead atoms. The van der Waals surface area contributed by atoms with Gasteiger partial charge in [0.15, 0.2) is 0 Å². The monoisotopic (exact) mass is 113 g/mol. The first-order valence-corrected chi connectivity index (χ1v) is 3.38. The van der Waals surface area contributed by atoms with Gasteiger partial charge in [0.1, 0.15) is 0 Å². The van der Waals surface area contributed by atoms with Gasteiger partial charge in [-0.1, -0.05) is 13.8 Å². The molecule has 0 saturated carbocycles. The standard InChI is InChI=1S/C7H15N/c1-6-4-8(3)5-7(6)2/h6-7H,4-5H2,1-3H3/t6-,7-/m0/s1. The van der Waals surface area contributed by atoms with Crippen LogP contribution >= 0.6 is 0 Å². The Labute approximate surface area is 51.7 Å². The molecule has 0 aromatic heterocycles. The van der Waals surface area contributed by atoms with Gasteiger partial charge < -0.3 is 4.90 Å². The molecule has 1 rings (SSSR count). The van der Waals surface area contributed by atoms with Gasteiger partial charge in [0.05, 0.1) is 0 Å². The van der Waals surface area contributed by atoms with Crippen LogP contribution in [0.4, 0.5) is 0 Å². The van der Waals surface area contributed by atoms with Crippen LogP contribution < -0.4 is 0 Å². The third kappa shape index (κ3) is 1.03. The maximum Gasteiger partial charge on any atom is 0.000711 e. The van der Waals surface area contributed by atoms with Gasteiger partial charge in [0.25, 0.3) is 0 Å². The summed E-state index contributed by atoms with van der Waals surface area (Å²) in [5, 5.41) is 0. The molecule has 1 nitrogen and oxygen atoms in total. The molecule has 0 amide bonds. The molecule has 1 heteroatoms. The molecule has 1 fully saturated rings. The van der Waals surface area contributed by atoms with E-state index in [0.29, 0.717) is 0 Å². The van der Waals surface area contributed by atoms with Crippen molar-refractivity contribution in [1.82, 2.24) is 4.90 Å². The first-order valence-electron chi connectivity index (χ1n) is 3.38. The average Bonchev–Trinajstić information content (AvgIpc) is 1.85. The molecule has 0 aromatic rings. The molecule has 0 unspecified atom stereocenters. The van der Waals surface area contributed by atoms with E-state index >= 15 is 0 Å². The Morgan fingerprint density at radius 3 is 1.62 bits per heavy atom. The van der Waals surface area contributed by atoms with Crippen molar-refractivity contribution in [3.8, 4) is 0 Å². The predicted molar refractivity (Wildman–Crippen MR) is 35.8 cm³/mol. The van der Waals surface area contributed by atoms with Crippen molar-refractivity contribution < 1.29 is 0 Å². The summed E-state index contributed by atoms with van der Waals surface area (Å²) in [6, 6.07) is 0. The maximum atomic E-state index is 2.40. The van der Waals surface area contributed by atoms with Crippen LogP contribution in [0.3, 0.4) is 0 Å². The summed E-state index contributed by atoms with van der Waals surface area (Å²) in [5.74, 6) is 1.83. The lowest BCUT2D eigenvalue weighted by atomic mass is 10.0. The van der Waals surface area contributed by atoms with E-state index in [1.165, 1.54) is 13.1 Å². The van der Waals surface area contributed by atoms with Gasteiger partial charge in [-0.2, -0.15) is 0 Å².